The Labute approximate surface area is 92.1 Å². The molecule has 2 fully saturated rings. The fourth-order valence-electron chi connectivity index (χ4n) is 2.89. The molecule has 88 valence electrons. The number of rotatable bonds is 1. The molecule has 1 heterocycles. The third-order valence-corrected chi connectivity index (χ3v) is 4.11. The first-order valence-electron chi connectivity index (χ1n) is 6.28. The van der Waals surface area contributed by atoms with Crippen molar-refractivity contribution >= 4 is 0 Å². The summed E-state index contributed by atoms with van der Waals surface area (Å²) in [5.41, 5.74) is 0. The Bertz CT molecular complexity index is 210. The van der Waals surface area contributed by atoms with E-state index in [9.17, 15) is 10.2 Å². The molecule has 0 amide bonds. The van der Waals surface area contributed by atoms with E-state index in [4.69, 9.17) is 0 Å². The van der Waals surface area contributed by atoms with E-state index < -0.39 is 0 Å². The highest BCUT2D eigenvalue weighted by molar-refractivity contribution is 4.87. The van der Waals surface area contributed by atoms with Gasteiger partial charge in [0.25, 0.3) is 0 Å². The molecule has 1 aliphatic carbocycles. The lowest BCUT2D eigenvalue weighted by Crippen LogP contribution is -2.52. The molecule has 1 aliphatic heterocycles. The van der Waals surface area contributed by atoms with Crippen LogP contribution in [-0.2, 0) is 0 Å². The van der Waals surface area contributed by atoms with E-state index >= 15 is 0 Å². The Morgan fingerprint density at radius 2 is 1.73 bits per heavy atom. The van der Waals surface area contributed by atoms with Gasteiger partial charge in [0.1, 0.15) is 0 Å². The largest absolute Gasteiger partial charge is 0.392 e. The summed E-state index contributed by atoms with van der Waals surface area (Å²) in [7, 11) is 0. The van der Waals surface area contributed by atoms with Gasteiger partial charge in [0.05, 0.1) is 12.2 Å². The summed E-state index contributed by atoms with van der Waals surface area (Å²) in [6, 6.07) is 0.306. The van der Waals surface area contributed by atoms with Crippen molar-refractivity contribution in [2.45, 2.75) is 57.3 Å². The van der Waals surface area contributed by atoms with Gasteiger partial charge in [-0.3, -0.25) is 4.90 Å². The van der Waals surface area contributed by atoms with Gasteiger partial charge < -0.3 is 10.2 Å². The van der Waals surface area contributed by atoms with Gasteiger partial charge in [-0.05, 0) is 31.7 Å². The molecule has 0 radical (unpaired) electrons. The van der Waals surface area contributed by atoms with Crippen LogP contribution in [0.3, 0.4) is 0 Å². The number of nitrogens with zero attached hydrogens (tertiary/aromatic N) is 1. The molecule has 2 unspecified atom stereocenters. The van der Waals surface area contributed by atoms with Gasteiger partial charge in [-0.15, -0.1) is 0 Å². The van der Waals surface area contributed by atoms with Crippen LogP contribution in [0.15, 0.2) is 0 Å². The van der Waals surface area contributed by atoms with Gasteiger partial charge in [0.2, 0.25) is 0 Å². The summed E-state index contributed by atoms with van der Waals surface area (Å²) in [4.78, 5) is 2.30. The molecule has 3 heteroatoms. The molecule has 4 atom stereocenters. The maximum Gasteiger partial charge on any atom is 0.0695 e. The van der Waals surface area contributed by atoms with Crippen LogP contribution in [0.25, 0.3) is 0 Å². The molecule has 1 saturated carbocycles. The number of hydrogen-bond donors (Lipinski definition) is 2. The lowest BCUT2D eigenvalue weighted by atomic mass is 9.88. The number of piperidine rings is 1. The second-order valence-electron chi connectivity index (χ2n) is 5.25. The maximum atomic E-state index is 9.95. The predicted molar refractivity (Wildman–Crippen MR) is 59.6 cm³/mol. The zero-order valence-electron chi connectivity index (χ0n) is 9.60. The SMILES string of the molecule is CC1CCN([C@H]2CCCC[C@@H]2O)CC1O. The topological polar surface area (TPSA) is 43.7 Å². The lowest BCUT2D eigenvalue weighted by molar-refractivity contribution is -0.0384. The van der Waals surface area contributed by atoms with E-state index in [-0.39, 0.29) is 12.2 Å². The van der Waals surface area contributed by atoms with E-state index in [0.29, 0.717) is 12.0 Å². The van der Waals surface area contributed by atoms with E-state index in [0.717, 1.165) is 38.8 Å². The third kappa shape index (κ3) is 2.52. The van der Waals surface area contributed by atoms with E-state index in [1.807, 2.05) is 0 Å². The van der Waals surface area contributed by atoms with Crippen LogP contribution < -0.4 is 0 Å². The smallest absolute Gasteiger partial charge is 0.0695 e. The fraction of sp³-hybridized carbons (Fsp3) is 1.00. The zero-order chi connectivity index (χ0) is 10.8. The van der Waals surface area contributed by atoms with Crippen molar-refractivity contribution in [3.05, 3.63) is 0 Å². The van der Waals surface area contributed by atoms with Gasteiger partial charge in [-0.25, -0.2) is 0 Å². The second-order valence-corrected chi connectivity index (χ2v) is 5.25. The molecule has 0 aromatic rings. The average molecular weight is 213 g/mol. The number of hydrogen-bond acceptors (Lipinski definition) is 3. The van der Waals surface area contributed by atoms with Crippen molar-refractivity contribution in [2.24, 2.45) is 5.92 Å². The van der Waals surface area contributed by atoms with Crippen LogP contribution in [-0.4, -0.2) is 46.5 Å². The highest BCUT2D eigenvalue weighted by atomic mass is 16.3. The highest BCUT2D eigenvalue weighted by Crippen LogP contribution is 2.27. The van der Waals surface area contributed by atoms with Gasteiger partial charge in [0.15, 0.2) is 0 Å². The Morgan fingerprint density at radius 1 is 1.00 bits per heavy atom. The van der Waals surface area contributed by atoms with Crippen molar-refractivity contribution in [2.75, 3.05) is 13.1 Å². The van der Waals surface area contributed by atoms with E-state index in [1.54, 1.807) is 0 Å². The number of β-amino-alcohol motifs (C(OH)–C–C–N with tert-alkyl or cyclic N) is 1. The molecular weight excluding hydrogens is 190 g/mol. The Balaban J connectivity index is 1.92. The summed E-state index contributed by atoms with van der Waals surface area (Å²) >= 11 is 0. The minimum Gasteiger partial charge on any atom is -0.392 e. The van der Waals surface area contributed by atoms with Gasteiger partial charge >= 0.3 is 0 Å². The quantitative estimate of drug-likeness (QED) is 0.683. The average Bonchev–Trinajstić information content (AvgIpc) is 2.23. The summed E-state index contributed by atoms with van der Waals surface area (Å²) in [5, 5.41) is 19.8. The molecule has 2 N–H and O–H groups in total. The van der Waals surface area contributed by atoms with Crippen molar-refractivity contribution < 1.29 is 10.2 Å². The van der Waals surface area contributed by atoms with Crippen molar-refractivity contribution in [1.82, 2.24) is 4.90 Å². The number of aliphatic hydroxyl groups excluding tert-OH is 2. The first-order valence-corrected chi connectivity index (χ1v) is 6.28. The molecular formula is C12H23NO2. The Kier molecular flexibility index (Phi) is 3.65. The minimum atomic E-state index is -0.201. The second kappa shape index (κ2) is 4.81. The van der Waals surface area contributed by atoms with Gasteiger partial charge in [-0.1, -0.05) is 19.8 Å². The first kappa shape index (κ1) is 11.4. The molecule has 0 spiro atoms. The van der Waals surface area contributed by atoms with Crippen molar-refractivity contribution in [3.63, 3.8) is 0 Å². The van der Waals surface area contributed by atoms with Crippen LogP contribution >= 0.6 is 0 Å². The number of aliphatic hydroxyl groups is 2. The standard InChI is InChI=1S/C12H23NO2/c1-9-6-7-13(8-12(9)15)10-4-2-3-5-11(10)14/h9-12,14-15H,2-8H2,1H3/t9?,10-,11-,12?/m0/s1. The van der Waals surface area contributed by atoms with Crippen molar-refractivity contribution in [1.29, 1.82) is 0 Å². The first-order chi connectivity index (χ1) is 7.18. The molecule has 15 heavy (non-hydrogen) atoms. The number of likely N-dealkylation sites (tertiary alicyclic amines) is 1. The van der Waals surface area contributed by atoms with E-state index in [1.165, 1.54) is 6.42 Å². The van der Waals surface area contributed by atoms with Crippen molar-refractivity contribution in [3.8, 4) is 0 Å². The van der Waals surface area contributed by atoms with Crippen LogP contribution in [0, 0.1) is 5.92 Å². The summed E-state index contributed by atoms with van der Waals surface area (Å²) in [6.45, 7) is 3.90. The van der Waals surface area contributed by atoms with Crippen LogP contribution in [0.4, 0.5) is 0 Å². The van der Waals surface area contributed by atoms with Crippen LogP contribution in [0.1, 0.15) is 39.0 Å². The summed E-state index contributed by atoms with van der Waals surface area (Å²) in [6.07, 6.45) is 5.11. The molecule has 3 nitrogen and oxygen atoms in total. The summed E-state index contributed by atoms with van der Waals surface area (Å²) < 4.78 is 0. The lowest BCUT2D eigenvalue weighted by Gasteiger charge is -2.42. The molecule has 0 bridgehead atoms. The molecule has 2 aliphatic rings. The Morgan fingerprint density at radius 3 is 2.40 bits per heavy atom. The molecule has 0 aromatic carbocycles. The highest BCUT2D eigenvalue weighted by Gasteiger charge is 2.33. The van der Waals surface area contributed by atoms with Gasteiger partial charge in [0, 0.05) is 12.6 Å². The third-order valence-electron chi connectivity index (χ3n) is 4.11. The summed E-state index contributed by atoms with van der Waals surface area (Å²) in [5.74, 6) is 0.419. The normalized spacial score (nSPS) is 44.2. The fourth-order valence-corrected chi connectivity index (χ4v) is 2.89. The van der Waals surface area contributed by atoms with Crippen LogP contribution in [0.5, 0.6) is 0 Å². The monoisotopic (exact) mass is 213 g/mol. The maximum absolute atomic E-state index is 9.95. The van der Waals surface area contributed by atoms with Gasteiger partial charge in [-0.2, -0.15) is 0 Å². The molecule has 1 saturated heterocycles. The molecule has 2 rings (SSSR count). The van der Waals surface area contributed by atoms with Crippen LogP contribution in [0.2, 0.25) is 0 Å². The van der Waals surface area contributed by atoms with E-state index in [2.05, 4.69) is 11.8 Å². The minimum absolute atomic E-state index is 0.167. The predicted octanol–water partition coefficient (Wildman–Crippen LogP) is 0.993. The zero-order valence-corrected chi connectivity index (χ0v) is 9.60. The Hall–Kier alpha value is -0.120. The molecule has 0 aromatic heterocycles.